The average Bonchev–Trinajstić information content (AvgIpc) is 2.26. The van der Waals surface area contributed by atoms with E-state index in [0.29, 0.717) is 0 Å². The van der Waals surface area contributed by atoms with E-state index < -0.39 is 0 Å². The van der Waals surface area contributed by atoms with Crippen LogP contribution >= 0.6 is 0 Å². The van der Waals surface area contributed by atoms with Gasteiger partial charge in [-0.05, 0) is 25.5 Å². The van der Waals surface area contributed by atoms with Crippen LogP contribution < -0.4 is 0 Å². The number of aliphatic imine (C=N–C) groups is 1. The first kappa shape index (κ1) is 11.0. The van der Waals surface area contributed by atoms with Crippen LogP contribution in [0, 0.1) is 6.92 Å². The van der Waals surface area contributed by atoms with E-state index >= 15 is 0 Å². The molecule has 0 unspecified atom stereocenters. The predicted molar refractivity (Wildman–Crippen MR) is 68.2 cm³/mol. The lowest BCUT2D eigenvalue weighted by Gasteiger charge is -2.34. The van der Waals surface area contributed by atoms with Crippen LogP contribution in [0.15, 0.2) is 29.3 Å². The highest BCUT2D eigenvalue weighted by molar-refractivity contribution is 5.83. The summed E-state index contributed by atoms with van der Waals surface area (Å²) in [5, 5.41) is 0. The predicted octanol–water partition coefficient (Wildman–Crippen LogP) is 2.25. The maximum atomic E-state index is 4.69. The molecule has 0 radical (unpaired) electrons. The zero-order valence-electron chi connectivity index (χ0n) is 10.3. The molecule has 1 aliphatic rings. The standard InChI is InChI=1S/C13H19N3/c1-11-5-7-12(8-6-11)14-13-15(2)9-4-10-16(13)3/h5-8H,4,9-10H2,1-3H3. The summed E-state index contributed by atoms with van der Waals surface area (Å²) in [4.78, 5) is 9.11. The van der Waals surface area contributed by atoms with E-state index in [2.05, 4.69) is 60.1 Å². The maximum absolute atomic E-state index is 4.69. The van der Waals surface area contributed by atoms with Crippen LogP contribution in [0.25, 0.3) is 0 Å². The molecule has 1 aliphatic heterocycles. The van der Waals surface area contributed by atoms with Crippen LogP contribution in [0.2, 0.25) is 0 Å². The maximum Gasteiger partial charge on any atom is 0.201 e. The molecule has 3 nitrogen and oxygen atoms in total. The van der Waals surface area contributed by atoms with Crippen molar-refractivity contribution in [1.29, 1.82) is 0 Å². The van der Waals surface area contributed by atoms with E-state index in [-0.39, 0.29) is 0 Å². The van der Waals surface area contributed by atoms with E-state index in [0.717, 1.165) is 24.7 Å². The van der Waals surface area contributed by atoms with Crippen molar-refractivity contribution in [1.82, 2.24) is 9.80 Å². The molecule has 1 fully saturated rings. The van der Waals surface area contributed by atoms with Crippen molar-refractivity contribution in [2.75, 3.05) is 27.2 Å². The molecule has 86 valence electrons. The second-order valence-corrected chi connectivity index (χ2v) is 4.44. The number of nitrogens with zero attached hydrogens (tertiary/aromatic N) is 3. The summed E-state index contributed by atoms with van der Waals surface area (Å²) in [5.74, 6) is 1.06. The zero-order chi connectivity index (χ0) is 11.5. The molecule has 1 saturated heterocycles. The third-order valence-electron chi connectivity index (χ3n) is 2.93. The topological polar surface area (TPSA) is 18.8 Å². The smallest absolute Gasteiger partial charge is 0.201 e. The molecule has 16 heavy (non-hydrogen) atoms. The quantitative estimate of drug-likeness (QED) is 0.718. The number of hydrogen-bond acceptors (Lipinski definition) is 1. The zero-order valence-corrected chi connectivity index (χ0v) is 10.3. The minimum absolute atomic E-state index is 1.03. The molecule has 0 aliphatic carbocycles. The monoisotopic (exact) mass is 217 g/mol. The molecule has 2 rings (SSSR count). The van der Waals surface area contributed by atoms with Crippen molar-refractivity contribution in [3.8, 4) is 0 Å². The van der Waals surface area contributed by atoms with Gasteiger partial charge in [-0.1, -0.05) is 17.7 Å². The van der Waals surface area contributed by atoms with Crippen molar-refractivity contribution in [3.05, 3.63) is 29.8 Å². The SMILES string of the molecule is Cc1ccc(N=C2N(C)CCCN2C)cc1. The van der Waals surface area contributed by atoms with E-state index in [1.54, 1.807) is 0 Å². The largest absolute Gasteiger partial charge is 0.346 e. The summed E-state index contributed by atoms with van der Waals surface area (Å²) in [6, 6.07) is 8.33. The first-order valence-electron chi connectivity index (χ1n) is 5.74. The van der Waals surface area contributed by atoms with Gasteiger partial charge in [0.2, 0.25) is 5.96 Å². The molecule has 3 heteroatoms. The molecular formula is C13H19N3. The van der Waals surface area contributed by atoms with Crippen molar-refractivity contribution >= 4 is 11.6 Å². The molecule has 1 aromatic rings. The summed E-state index contributed by atoms with van der Waals surface area (Å²) in [5.41, 5.74) is 2.30. The Morgan fingerprint density at radius 1 is 1.00 bits per heavy atom. The van der Waals surface area contributed by atoms with Gasteiger partial charge >= 0.3 is 0 Å². The third kappa shape index (κ3) is 2.35. The van der Waals surface area contributed by atoms with Crippen LogP contribution in [-0.4, -0.2) is 42.9 Å². The minimum Gasteiger partial charge on any atom is -0.346 e. The van der Waals surface area contributed by atoms with Gasteiger partial charge in [0, 0.05) is 27.2 Å². The first-order chi connectivity index (χ1) is 7.66. The van der Waals surface area contributed by atoms with Gasteiger partial charge in [0.1, 0.15) is 0 Å². The summed E-state index contributed by atoms with van der Waals surface area (Å²) in [7, 11) is 4.20. The van der Waals surface area contributed by atoms with Crippen LogP contribution in [0.4, 0.5) is 5.69 Å². The van der Waals surface area contributed by atoms with Crippen molar-refractivity contribution < 1.29 is 0 Å². The first-order valence-corrected chi connectivity index (χ1v) is 5.74. The fourth-order valence-electron chi connectivity index (χ4n) is 1.94. The highest BCUT2D eigenvalue weighted by Crippen LogP contribution is 2.15. The minimum atomic E-state index is 1.03. The Balaban J connectivity index is 2.24. The van der Waals surface area contributed by atoms with Gasteiger partial charge in [0.25, 0.3) is 0 Å². The van der Waals surface area contributed by atoms with Gasteiger partial charge in [0.15, 0.2) is 0 Å². The molecule has 0 atom stereocenters. The molecule has 0 bridgehead atoms. The van der Waals surface area contributed by atoms with Gasteiger partial charge in [-0.3, -0.25) is 0 Å². The second kappa shape index (κ2) is 4.56. The summed E-state index contributed by atoms with van der Waals surface area (Å²) < 4.78 is 0. The Morgan fingerprint density at radius 2 is 1.56 bits per heavy atom. The fourth-order valence-corrected chi connectivity index (χ4v) is 1.94. The van der Waals surface area contributed by atoms with Gasteiger partial charge in [-0.25, -0.2) is 4.99 Å². The van der Waals surface area contributed by atoms with Crippen molar-refractivity contribution in [2.24, 2.45) is 4.99 Å². The molecule has 0 saturated carbocycles. The van der Waals surface area contributed by atoms with Crippen molar-refractivity contribution in [3.63, 3.8) is 0 Å². The number of benzene rings is 1. The van der Waals surface area contributed by atoms with Crippen LogP contribution in [-0.2, 0) is 0 Å². The van der Waals surface area contributed by atoms with Gasteiger partial charge in [-0.2, -0.15) is 0 Å². The van der Waals surface area contributed by atoms with E-state index in [9.17, 15) is 0 Å². The summed E-state index contributed by atoms with van der Waals surface area (Å²) in [6.07, 6.45) is 1.21. The highest BCUT2D eigenvalue weighted by Gasteiger charge is 2.16. The Hall–Kier alpha value is -1.51. The number of aryl methyl sites for hydroxylation is 1. The lowest BCUT2D eigenvalue weighted by Crippen LogP contribution is -2.46. The molecule has 0 aromatic heterocycles. The average molecular weight is 217 g/mol. The molecule has 1 heterocycles. The lowest BCUT2D eigenvalue weighted by molar-refractivity contribution is 0.319. The van der Waals surface area contributed by atoms with Crippen LogP contribution in [0.3, 0.4) is 0 Å². The second-order valence-electron chi connectivity index (χ2n) is 4.44. The molecule has 0 spiro atoms. The Bertz CT molecular complexity index is 369. The Morgan fingerprint density at radius 3 is 2.12 bits per heavy atom. The van der Waals surface area contributed by atoms with E-state index in [4.69, 9.17) is 0 Å². The van der Waals surface area contributed by atoms with Crippen LogP contribution in [0.1, 0.15) is 12.0 Å². The van der Waals surface area contributed by atoms with E-state index in [1.807, 2.05) is 0 Å². The van der Waals surface area contributed by atoms with E-state index in [1.165, 1.54) is 12.0 Å². The number of guanidine groups is 1. The van der Waals surface area contributed by atoms with Gasteiger partial charge in [0.05, 0.1) is 5.69 Å². The summed E-state index contributed by atoms with van der Waals surface area (Å²) >= 11 is 0. The van der Waals surface area contributed by atoms with Gasteiger partial charge in [-0.15, -0.1) is 0 Å². The Kier molecular flexibility index (Phi) is 3.13. The van der Waals surface area contributed by atoms with Crippen molar-refractivity contribution in [2.45, 2.75) is 13.3 Å². The third-order valence-corrected chi connectivity index (χ3v) is 2.93. The lowest BCUT2D eigenvalue weighted by atomic mass is 10.2. The molecule has 0 amide bonds. The normalized spacial score (nSPS) is 16.6. The fraction of sp³-hybridized carbons (Fsp3) is 0.462. The van der Waals surface area contributed by atoms with Gasteiger partial charge < -0.3 is 9.80 Å². The summed E-state index contributed by atoms with van der Waals surface area (Å²) in [6.45, 7) is 4.28. The number of rotatable bonds is 1. The highest BCUT2D eigenvalue weighted by atomic mass is 15.4. The Labute approximate surface area is 97.4 Å². The van der Waals surface area contributed by atoms with Crippen LogP contribution in [0.5, 0.6) is 0 Å². The molecule has 0 N–H and O–H groups in total. The molecule has 1 aromatic carbocycles. The number of hydrogen-bond donors (Lipinski definition) is 0. The molecular weight excluding hydrogens is 198 g/mol.